The van der Waals surface area contributed by atoms with Crippen LogP contribution in [0.4, 0.5) is 5.82 Å². The van der Waals surface area contributed by atoms with E-state index in [2.05, 4.69) is 20.7 Å². The van der Waals surface area contributed by atoms with Crippen molar-refractivity contribution in [3.63, 3.8) is 0 Å². The van der Waals surface area contributed by atoms with Crippen molar-refractivity contribution in [3.8, 4) is 11.5 Å². The Morgan fingerprint density at radius 2 is 1.96 bits per heavy atom. The number of hydrazone groups is 1. The maximum Gasteiger partial charge on any atom is 0.176 e. The molecule has 0 unspecified atom stereocenters. The van der Waals surface area contributed by atoms with Crippen molar-refractivity contribution in [1.29, 1.82) is 0 Å². The Balaban J connectivity index is 1.86. The monoisotopic (exact) mass is 308 g/mol. The number of rotatable bonds is 5. The number of aromatic nitrogens is 2. The van der Waals surface area contributed by atoms with Gasteiger partial charge >= 0.3 is 0 Å². The van der Waals surface area contributed by atoms with E-state index in [-0.39, 0.29) is 0 Å². The summed E-state index contributed by atoms with van der Waals surface area (Å²) in [6, 6.07) is 13.4. The second kappa shape index (κ2) is 6.74. The van der Waals surface area contributed by atoms with E-state index in [1.807, 2.05) is 42.5 Å². The summed E-state index contributed by atoms with van der Waals surface area (Å²) in [6.45, 7) is 0. The molecule has 0 spiro atoms. The van der Waals surface area contributed by atoms with Crippen LogP contribution in [0.1, 0.15) is 5.56 Å². The highest BCUT2D eigenvalue weighted by Gasteiger charge is 2.04. The molecular formula is C17H16N4O2. The lowest BCUT2D eigenvalue weighted by molar-refractivity contribution is 0.402. The van der Waals surface area contributed by atoms with Crippen molar-refractivity contribution >= 4 is 22.8 Å². The largest absolute Gasteiger partial charge is 0.497 e. The van der Waals surface area contributed by atoms with Gasteiger partial charge in [0, 0.05) is 16.3 Å². The number of nitrogens with one attached hydrogen (secondary N) is 1. The van der Waals surface area contributed by atoms with Crippen LogP contribution in [0.5, 0.6) is 11.5 Å². The van der Waals surface area contributed by atoms with Crippen LogP contribution in [0.2, 0.25) is 0 Å². The predicted octanol–water partition coefficient (Wildman–Crippen LogP) is 3.09. The molecule has 0 aliphatic carbocycles. The molecule has 0 radical (unpaired) electrons. The molecule has 0 aliphatic rings. The first-order valence-electron chi connectivity index (χ1n) is 7.03. The Morgan fingerprint density at radius 1 is 1.09 bits per heavy atom. The number of ether oxygens (including phenoxy) is 2. The molecule has 0 bridgehead atoms. The Morgan fingerprint density at radius 3 is 2.78 bits per heavy atom. The molecule has 0 amide bonds. The Kier molecular flexibility index (Phi) is 4.33. The van der Waals surface area contributed by atoms with E-state index in [1.165, 1.54) is 0 Å². The van der Waals surface area contributed by atoms with E-state index in [1.54, 1.807) is 26.6 Å². The predicted molar refractivity (Wildman–Crippen MR) is 90.3 cm³/mol. The average molecular weight is 308 g/mol. The van der Waals surface area contributed by atoms with E-state index < -0.39 is 0 Å². The maximum absolute atomic E-state index is 5.32. The van der Waals surface area contributed by atoms with Gasteiger partial charge in [-0.15, -0.1) is 5.10 Å². The highest BCUT2D eigenvalue weighted by molar-refractivity contribution is 5.91. The minimum atomic E-state index is 0.598. The lowest BCUT2D eigenvalue weighted by Crippen LogP contribution is -1.98. The van der Waals surface area contributed by atoms with Crippen molar-refractivity contribution in [2.24, 2.45) is 5.10 Å². The van der Waals surface area contributed by atoms with Crippen LogP contribution in [0.15, 0.2) is 53.8 Å². The molecule has 2 aromatic carbocycles. The van der Waals surface area contributed by atoms with Crippen molar-refractivity contribution in [2.75, 3.05) is 19.6 Å². The van der Waals surface area contributed by atoms with Crippen molar-refractivity contribution in [3.05, 3.63) is 54.2 Å². The first-order chi connectivity index (χ1) is 11.3. The molecule has 1 N–H and O–H groups in total. The molecule has 1 heterocycles. The smallest absolute Gasteiger partial charge is 0.176 e. The highest BCUT2D eigenvalue weighted by atomic mass is 16.5. The third kappa shape index (κ3) is 3.21. The molecule has 0 saturated heterocycles. The molecule has 1 aromatic heterocycles. The minimum absolute atomic E-state index is 0.598. The molecule has 6 heteroatoms. The van der Waals surface area contributed by atoms with Crippen LogP contribution in [0.25, 0.3) is 10.8 Å². The summed E-state index contributed by atoms with van der Waals surface area (Å²) < 4.78 is 10.5. The lowest BCUT2D eigenvalue weighted by atomic mass is 10.2. The maximum atomic E-state index is 5.32. The van der Waals surface area contributed by atoms with Crippen LogP contribution >= 0.6 is 0 Å². The van der Waals surface area contributed by atoms with Crippen molar-refractivity contribution in [2.45, 2.75) is 0 Å². The Bertz CT molecular complexity index is 844. The number of benzene rings is 2. The van der Waals surface area contributed by atoms with Crippen LogP contribution in [0.3, 0.4) is 0 Å². The van der Waals surface area contributed by atoms with Crippen LogP contribution in [0, 0.1) is 0 Å². The zero-order valence-electron chi connectivity index (χ0n) is 12.9. The van der Waals surface area contributed by atoms with Crippen molar-refractivity contribution in [1.82, 2.24) is 10.2 Å². The fourth-order valence-corrected chi connectivity index (χ4v) is 2.21. The number of hydrogen-bond donors (Lipinski definition) is 1. The molecule has 23 heavy (non-hydrogen) atoms. The Hall–Kier alpha value is -3.15. The average Bonchev–Trinajstić information content (AvgIpc) is 2.61. The second-order valence-corrected chi connectivity index (χ2v) is 4.76. The summed E-state index contributed by atoms with van der Waals surface area (Å²) >= 11 is 0. The standard InChI is InChI=1S/C17H16N4O2/c1-22-14-7-8-16(23-2)13(9-14)11-19-21-17-15-6-4-3-5-12(15)10-18-20-17/h3-11H,1-2H3,(H,20,21)/b19-11+. The van der Waals surface area contributed by atoms with Gasteiger partial charge in [-0.05, 0) is 18.2 Å². The lowest BCUT2D eigenvalue weighted by Gasteiger charge is -2.07. The highest BCUT2D eigenvalue weighted by Crippen LogP contribution is 2.23. The summed E-state index contributed by atoms with van der Waals surface area (Å²) in [5.74, 6) is 2.04. The summed E-state index contributed by atoms with van der Waals surface area (Å²) in [5.41, 5.74) is 3.72. The number of methoxy groups -OCH3 is 2. The van der Waals surface area contributed by atoms with Gasteiger partial charge in [0.15, 0.2) is 5.82 Å². The quantitative estimate of drug-likeness (QED) is 0.579. The molecule has 6 nitrogen and oxygen atoms in total. The van der Waals surface area contributed by atoms with Crippen molar-refractivity contribution < 1.29 is 9.47 Å². The normalized spacial score (nSPS) is 10.9. The van der Waals surface area contributed by atoms with E-state index in [9.17, 15) is 0 Å². The number of fused-ring (bicyclic) bond motifs is 1. The summed E-state index contributed by atoms with van der Waals surface area (Å²) in [4.78, 5) is 0. The van der Waals surface area contributed by atoms with E-state index in [0.717, 1.165) is 22.1 Å². The van der Waals surface area contributed by atoms with Crippen LogP contribution in [-0.4, -0.2) is 30.6 Å². The third-order valence-electron chi connectivity index (χ3n) is 3.38. The Labute approximate surface area is 133 Å². The number of hydrogen-bond acceptors (Lipinski definition) is 6. The van der Waals surface area contributed by atoms with Gasteiger partial charge in [0.2, 0.25) is 0 Å². The molecule has 116 valence electrons. The minimum Gasteiger partial charge on any atom is -0.497 e. The summed E-state index contributed by atoms with van der Waals surface area (Å²) in [6.07, 6.45) is 3.38. The van der Waals surface area contributed by atoms with Crippen LogP contribution in [-0.2, 0) is 0 Å². The first kappa shape index (κ1) is 14.8. The van der Waals surface area contributed by atoms with Gasteiger partial charge in [-0.1, -0.05) is 24.3 Å². The SMILES string of the molecule is COc1ccc(OC)c(/C=N/Nc2nncc3ccccc23)c1. The van der Waals surface area contributed by atoms with Gasteiger partial charge in [-0.25, -0.2) is 0 Å². The fourth-order valence-electron chi connectivity index (χ4n) is 2.21. The summed E-state index contributed by atoms with van der Waals surface area (Å²) in [5, 5.41) is 14.2. The van der Waals surface area contributed by atoms with E-state index >= 15 is 0 Å². The number of anilines is 1. The van der Waals surface area contributed by atoms with Gasteiger partial charge in [0.25, 0.3) is 0 Å². The molecule has 0 aliphatic heterocycles. The molecule has 3 rings (SSSR count). The fraction of sp³-hybridized carbons (Fsp3) is 0.118. The molecule has 3 aromatic rings. The van der Waals surface area contributed by atoms with Gasteiger partial charge < -0.3 is 9.47 Å². The van der Waals surface area contributed by atoms with Gasteiger partial charge in [-0.3, -0.25) is 5.43 Å². The molecular weight excluding hydrogens is 292 g/mol. The molecule has 0 fully saturated rings. The zero-order chi connectivity index (χ0) is 16.1. The first-order valence-corrected chi connectivity index (χ1v) is 7.03. The van der Waals surface area contributed by atoms with Gasteiger partial charge in [0.1, 0.15) is 11.5 Å². The van der Waals surface area contributed by atoms with Gasteiger partial charge in [-0.2, -0.15) is 10.2 Å². The third-order valence-corrected chi connectivity index (χ3v) is 3.38. The molecule has 0 saturated carbocycles. The zero-order valence-corrected chi connectivity index (χ0v) is 12.9. The second-order valence-electron chi connectivity index (χ2n) is 4.76. The summed E-state index contributed by atoms with van der Waals surface area (Å²) in [7, 11) is 3.23. The number of nitrogens with zero attached hydrogens (tertiary/aromatic N) is 3. The van der Waals surface area contributed by atoms with E-state index in [4.69, 9.17) is 9.47 Å². The van der Waals surface area contributed by atoms with Gasteiger partial charge in [0.05, 0.1) is 26.6 Å². The topological polar surface area (TPSA) is 68.6 Å². The van der Waals surface area contributed by atoms with E-state index in [0.29, 0.717) is 11.6 Å². The van der Waals surface area contributed by atoms with Crippen LogP contribution < -0.4 is 14.9 Å². The molecule has 0 atom stereocenters.